The Bertz CT molecular complexity index is 639. The number of benzene rings is 2. The molecule has 0 atom stereocenters. The van der Waals surface area contributed by atoms with Crippen molar-refractivity contribution in [3.8, 4) is 5.75 Å². The molecule has 2 nitrogen and oxygen atoms in total. The van der Waals surface area contributed by atoms with Crippen LogP contribution in [0.3, 0.4) is 0 Å². The zero-order valence-electron chi connectivity index (χ0n) is 10.6. The Labute approximate surface area is 139 Å². The molecule has 20 heavy (non-hydrogen) atoms. The van der Waals surface area contributed by atoms with Gasteiger partial charge in [0, 0.05) is 20.1 Å². The van der Waals surface area contributed by atoms with Crippen LogP contribution in [-0.2, 0) is 0 Å². The third-order valence-electron chi connectivity index (χ3n) is 2.67. The van der Waals surface area contributed by atoms with Gasteiger partial charge in [0.25, 0.3) is 0 Å². The molecule has 0 aliphatic carbocycles. The first kappa shape index (κ1) is 15.5. The quantitative estimate of drug-likeness (QED) is 0.484. The lowest BCUT2D eigenvalue weighted by Crippen LogP contribution is -2.03. The lowest BCUT2D eigenvalue weighted by molar-refractivity contribution is 0.103. The summed E-state index contributed by atoms with van der Waals surface area (Å²) < 4.78 is 6.83. The summed E-state index contributed by atoms with van der Waals surface area (Å²) in [5.41, 5.74) is 1.03. The Kier molecular flexibility index (Phi) is 5.24. The summed E-state index contributed by atoms with van der Waals surface area (Å²) in [7, 11) is 0. The fourth-order valence-corrected chi connectivity index (χ4v) is 3.17. The van der Waals surface area contributed by atoms with Gasteiger partial charge >= 0.3 is 0 Å². The van der Waals surface area contributed by atoms with Crippen LogP contribution in [0.2, 0.25) is 5.02 Å². The Morgan fingerprint density at radius 2 is 1.85 bits per heavy atom. The van der Waals surface area contributed by atoms with Crippen molar-refractivity contribution in [2.24, 2.45) is 0 Å². The van der Waals surface area contributed by atoms with Gasteiger partial charge in [-0.05, 0) is 59.3 Å². The first-order chi connectivity index (χ1) is 9.52. The molecule has 0 aliphatic rings. The molecule has 104 valence electrons. The van der Waals surface area contributed by atoms with Gasteiger partial charge in [-0.3, -0.25) is 4.79 Å². The Morgan fingerprint density at radius 3 is 2.45 bits per heavy atom. The number of carbonyl (C=O) groups is 1. The predicted molar refractivity (Wildman–Crippen MR) is 87.9 cm³/mol. The van der Waals surface area contributed by atoms with E-state index in [9.17, 15) is 4.79 Å². The Balaban J connectivity index is 2.36. The highest BCUT2D eigenvalue weighted by Gasteiger charge is 2.16. The average Bonchev–Trinajstić information content (AvgIpc) is 2.43. The first-order valence-electron chi connectivity index (χ1n) is 5.95. The van der Waals surface area contributed by atoms with Gasteiger partial charge in [-0.2, -0.15) is 0 Å². The van der Waals surface area contributed by atoms with Crippen LogP contribution in [0, 0.1) is 0 Å². The molecule has 0 N–H and O–H groups in total. The summed E-state index contributed by atoms with van der Waals surface area (Å²) in [6.45, 7) is 2.51. The molecule has 0 heterocycles. The van der Waals surface area contributed by atoms with Crippen LogP contribution < -0.4 is 4.74 Å². The SMILES string of the molecule is CCOc1ccc(C(=O)c2cc(Br)cc(Br)c2Cl)cc1. The Morgan fingerprint density at radius 1 is 1.20 bits per heavy atom. The summed E-state index contributed by atoms with van der Waals surface area (Å²) in [4.78, 5) is 12.5. The molecule has 0 spiro atoms. The summed E-state index contributed by atoms with van der Waals surface area (Å²) in [5.74, 6) is 0.616. The molecule has 0 aromatic heterocycles. The topological polar surface area (TPSA) is 26.3 Å². The van der Waals surface area contributed by atoms with Crippen LogP contribution in [0.15, 0.2) is 45.3 Å². The lowest BCUT2D eigenvalue weighted by atomic mass is 10.0. The molecule has 0 radical (unpaired) electrons. The van der Waals surface area contributed by atoms with E-state index in [0.717, 1.165) is 10.2 Å². The van der Waals surface area contributed by atoms with Crippen molar-refractivity contribution in [3.63, 3.8) is 0 Å². The van der Waals surface area contributed by atoms with Gasteiger partial charge in [0.1, 0.15) is 5.75 Å². The van der Waals surface area contributed by atoms with Gasteiger partial charge in [-0.1, -0.05) is 27.5 Å². The fourth-order valence-electron chi connectivity index (χ4n) is 1.75. The third-order valence-corrected chi connectivity index (χ3v) is 4.38. The molecule has 0 unspecified atom stereocenters. The summed E-state index contributed by atoms with van der Waals surface area (Å²) in [6.07, 6.45) is 0. The minimum Gasteiger partial charge on any atom is -0.494 e. The molecule has 0 bridgehead atoms. The third kappa shape index (κ3) is 3.43. The minimum atomic E-state index is -0.125. The van der Waals surface area contributed by atoms with Crippen molar-refractivity contribution in [1.29, 1.82) is 0 Å². The number of rotatable bonds is 4. The Hall–Kier alpha value is -0.840. The molecule has 0 saturated heterocycles. The second kappa shape index (κ2) is 6.74. The van der Waals surface area contributed by atoms with Gasteiger partial charge < -0.3 is 4.74 Å². The molecule has 0 aliphatic heterocycles. The molecule has 2 aromatic rings. The molecule has 2 aromatic carbocycles. The maximum atomic E-state index is 12.5. The summed E-state index contributed by atoms with van der Waals surface area (Å²) in [5, 5.41) is 0.409. The van der Waals surface area contributed by atoms with Gasteiger partial charge in [-0.25, -0.2) is 0 Å². The van der Waals surface area contributed by atoms with Gasteiger partial charge in [0.05, 0.1) is 11.6 Å². The van der Waals surface area contributed by atoms with Crippen molar-refractivity contribution >= 4 is 49.2 Å². The standard InChI is InChI=1S/C15H11Br2ClO2/c1-2-20-11-5-3-9(4-6-11)15(19)12-7-10(16)8-13(17)14(12)18/h3-8H,2H2,1H3. The zero-order chi connectivity index (χ0) is 14.7. The molecular formula is C15H11Br2ClO2. The number of hydrogen-bond acceptors (Lipinski definition) is 2. The molecule has 2 rings (SSSR count). The van der Waals surface area contributed by atoms with E-state index >= 15 is 0 Å². The number of ketones is 1. The van der Waals surface area contributed by atoms with Gasteiger partial charge in [-0.15, -0.1) is 0 Å². The van der Waals surface area contributed by atoms with E-state index in [1.54, 1.807) is 36.4 Å². The van der Waals surface area contributed by atoms with Crippen molar-refractivity contribution < 1.29 is 9.53 Å². The van der Waals surface area contributed by atoms with E-state index in [0.29, 0.717) is 27.2 Å². The largest absolute Gasteiger partial charge is 0.494 e. The summed E-state index contributed by atoms with van der Waals surface area (Å²) >= 11 is 12.9. The minimum absolute atomic E-state index is 0.125. The van der Waals surface area contributed by atoms with E-state index in [1.807, 2.05) is 6.92 Å². The van der Waals surface area contributed by atoms with Crippen molar-refractivity contribution in [3.05, 3.63) is 61.5 Å². The van der Waals surface area contributed by atoms with Crippen molar-refractivity contribution in [2.75, 3.05) is 6.61 Å². The molecule has 0 saturated carbocycles. The normalized spacial score (nSPS) is 10.4. The maximum Gasteiger partial charge on any atom is 0.194 e. The van der Waals surface area contributed by atoms with E-state index in [4.69, 9.17) is 16.3 Å². The van der Waals surface area contributed by atoms with Crippen molar-refractivity contribution in [2.45, 2.75) is 6.92 Å². The van der Waals surface area contributed by atoms with Crippen LogP contribution in [-0.4, -0.2) is 12.4 Å². The second-order valence-corrected chi connectivity index (χ2v) is 6.18. The lowest BCUT2D eigenvalue weighted by Gasteiger charge is -2.08. The number of halogens is 3. The highest BCUT2D eigenvalue weighted by molar-refractivity contribution is 9.11. The molecule has 5 heteroatoms. The predicted octanol–water partition coefficient (Wildman–Crippen LogP) is 5.49. The molecular weight excluding hydrogens is 407 g/mol. The summed E-state index contributed by atoms with van der Waals surface area (Å²) in [6, 6.07) is 10.5. The van der Waals surface area contributed by atoms with Crippen LogP contribution in [0.25, 0.3) is 0 Å². The molecule has 0 amide bonds. The maximum absolute atomic E-state index is 12.5. The highest BCUT2D eigenvalue weighted by atomic mass is 79.9. The van der Waals surface area contributed by atoms with Crippen molar-refractivity contribution in [1.82, 2.24) is 0 Å². The van der Waals surface area contributed by atoms with Crippen LogP contribution in [0.1, 0.15) is 22.8 Å². The number of carbonyl (C=O) groups excluding carboxylic acids is 1. The van der Waals surface area contributed by atoms with E-state index in [-0.39, 0.29) is 5.78 Å². The number of hydrogen-bond donors (Lipinski definition) is 0. The number of ether oxygens (including phenoxy) is 1. The van der Waals surface area contributed by atoms with Gasteiger partial charge in [0.2, 0.25) is 0 Å². The van der Waals surface area contributed by atoms with E-state index < -0.39 is 0 Å². The van der Waals surface area contributed by atoms with Crippen LogP contribution >= 0.6 is 43.5 Å². The highest BCUT2D eigenvalue weighted by Crippen LogP contribution is 2.31. The fraction of sp³-hybridized carbons (Fsp3) is 0.133. The first-order valence-corrected chi connectivity index (χ1v) is 7.91. The van der Waals surface area contributed by atoms with E-state index in [2.05, 4.69) is 31.9 Å². The second-order valence-electron chi connectivity index (χ2n) is 4.04. The van der Waals surface area contributed by atoms with Gasteiger partial charge in [0.15, 0.2) is 5.78 Å². The van der Waals surface area contributed by atoms with Crippen LogP contribution in [0.4, 0.5) is 0 Å². The smallest absolute Gasteiger partial charge is 0.194 e. The average molecular weight is 419 g/mol. The van der Waals surface area contributed by atoms with Crippen LogP contribution in [0.5, 0.6) is 5.75 Å². The zero-order valence-corrected chi connectivity index (χ0v) is 14.5. The molecule has 0 fully saturated rings. The monoisotopic (exact) mass is 416 g/mol. The van der Waals surface area contributed by atoms with E-state index in [1.165, 1.54) is 0 Å².